The predicted molar refractivity (Wildman–Crippen MR) is 102 cm³/mol. The maximum atomic E-state index is 12.4. The Hall–Kier alpha value is -2.07. The zero-order chi connectivity index (χ0) is 19.4. The van der Waals surface area contributed by atoms with Crippen LogP contribution in [-0.4, -0.2) is 66.5 Å². The van der Waals surface area contributed by atoms with Gasteiger partial charge in [-0.3, -0.25) is 9.59 Å². The number of hydrogen-bond acceptors (Lipinski definition) is 7. The molecule has 0 spiro atoms. The van der Waals surface area contributed by atoms with Crippen LogP contribution in [0.4, 0.5) is 0 Å². The number of likely N-dealkylation sites (N-methyl/N-ethyl adjacent to an activating group) is 1. The number of thioether (sulfide) groups is 1. The van der Waals surface area contributed by atoms with Crippen molar-refractivity contribution in [2.45, 2.75) is 24.6 Å². The fourth-order valence-corrected chi connectivity index (χ4v) is 5.27. The first-order valence-corrected chi connectivity index (χ1v) is 11.4. The minimum atomic E-state index is -3.06. The van der Waals surface area contributed by atoms with Gasteiger partial charge in [0.05, 0.1) is 23.8 Å². The average Bonchev–Trinajstić information content (AvgIpc) is 3.19. The molecule has 1 aromatic carbocycles. The van der Waals surface area contributed by atoms with E-state index in [-0.39, 0.29) is 41.7 Å². The second-order valence-electron chi connectivity index (χ2n) is 6.31. The molecule has 2 amide bonds. The van der Waals surface area contributed by atoms with Crippen molar-refractivity contribution in [3.05, 3.63) is 24.3 Å². The van der Waals surface area contributed by atoms with Crippen molar-refractivity contribution in [1.82, 2.24) is 15.2 Å². The molecule has 0 saturated carbocycles. The maximum absolute atomic E-state index is 12.4. The van der Waals surface area contributed by atoms with Crippen LogP contribution in [0.3, 0.4) is 0 Å². The summed E-state index contributed by atoms with van der Waals surface area (Å²) in [6, 6.07) is 6.97. The van der Waals surface area contributed by atoms with Gasteiger partial charge in [-0.25, -0.2) is 13.4 Å². The summed E-state index contributed by atoms with van der Waals surface area (Å²) in [7, 11) is -3.06. The molecule has 1 unspecified atom stereocenters. The Morgan fingerprint density at radius 1 is 1.37 bits per heavy atom. The van der Waals surface area contributed by atoms with Crippen molar-refractivity contribution in [2.24, 2.45) is 0 Å². The number of benzene rings is 1. The molecule has 0 aliphatic carbocycles. The molecule has 27 heavy (non-hydrogen) atoms. The van der Waals surface area contributed by atoms with E-state index in [0.29, 0.717) is 23.8 Å². The minimum absolute atomic E-state index is 0.0353. The molecule has 2 aromatic rings. The third kappa shape index (κ3) is 5.23. The highest BCUT2D eigenvalue weighted by Crippen LogP contribution is 2.23. The van der Waals surface area contributed by atoms with Gasteiger partial charge in [0, 0.05) is 12.6 Å². The monoisotopic (exact) mass is 411 g/mol. The standard InChI is InChI=1S/C17H21N3O5S2/c1-2-20(9-15(21)18-12-7-8-27(23,24)11-12)16(22)10-26-17-19-13-5-3-4-6-14(13)25-17/h3-6,12H,2,7-11H2,1H3,(H,18,21). The zero-order valence-electron chi connectivity index (χ0n) is 14.9. The number of nitrogens with one attached hydrogen (secondary N) is 1. The Balaban J connectivity index is 1.50. The second-order valence-corrected chi connectivity index (χ2v) is 9.47. The predicted octanol–water partition coefficient (Wildman–Crippen LogP) is 1.07. The van der Waals surface area contributed by atoms with E-state index in [2.05, 4.69) is 10.3 Å². The third-order valence-electron chi connectivity index (χ3n) is 4.26. The summed E-state index contributed by atoms with van der Waals surface area (Å²) in [4.78, 5) is 30.3. The molecule has 1 saturated heterocycles. The topological polar surface area (TPSA) is 110 Å². The molecule has 1 aliphatic rings. The van der Waals surface area contributed by atoms with Gasteiger partial charge in [-0.05, 0) is 25.5 Å². The molecule has 1 aliphatic heterocycles. The van der Waals surface area contributed by atoms with Gasteiger partial charge in [0.1, 0.15) is 5.52 Å². The van der Waals surface area contributed by atoms with Crippen molar-refractivity contribution in [3.8, 4) is 0 Å². The van der Waals surface area contributed by atoms with Gasteiger partial charge in [0.2, 0.25) is 11.8 Å². The molecule has 1 aromatic heterocycles. The van der Waals surface area contributed by atoms with Crippen molar-refractivity contribution in [1.29, 1.82) is 0 Å². The lowest BCUT2D eigenvalue weighted by Gasteiger charge is -2.21. The quantitative estimate of drug-likeness (QED) is 0.679. The number of hydrogen-bond donors (Lipinski definition) is 1. The van der Waals surface area contributed by atoms with Gasteiger partial charge in [-0.2, -0.15) is 0 Å². The molecule has 1 atom stereocenters. The molecule has 1 fully saturated rings. The third-order valence-corrected chi connectivity index (χ3v) is 6.84. The van der Waals surface area contributed by atoms with E-state index >= 15 is 0 Å². The Morgan fingerprint density at radius 2 is 2.15 bits per heavy atom. The van der Waals surface area contributed by atoms with Crippen LogP contribution < -0.4 is 5.32 Å². The Labute approximate surface area is 161 Å². The summed E-state index contributed by atoms with van der Waals surface area (Å²) in [6.45, 7) is 2.07. The van der Waals surface area contributed by atoms with Crippen LogP contribution in [0.2, 0.25) is 0 Å². The van der Waals surface area contributed by atoms with Crippen LogP contribution in [0.25, 0.3) is 11.1 Å². The molecule has 0 radical (unpaired) electrons. The van der Waals surface area contributed by atoms with Crippen molar-refractivity contribution >= 4 is 44.5 Å². The van der Waals surface area contributed by atoms with Gasteiger partial charge in [0.15, 0.2) is 15.4 Å². The number of para-hydroxylation sites is 2. The normalized spacial score (nSPS) is 18.5. The summed E-state index contributed by atoms with van der Waals surface area (Å²) in [5.41, 5.74) is 1.39. The summed E-state index contributed by atoms with van der Waals surface area (Å²) in [6.07, 6.45) is 0.418. The van der Waals surface area contributed by atoms with Gasteiger partial charge in [-0.1, -0.05) is 23.9 Å². The molecule has 2 heterocycles. The Bertz CT molecular complexity index is 908. The highest BCUT2D eigenvalue weighted by Gasteiger charge is 2.29. The van der Waals surface area contributed by atoms with Crippen molar-refractivity contribution < 1.29 is 22.4 Å². The van der Waals surface area contributed by atoms with Crippen LogP contribution in [0.15, 0.2) is 33.9 Å². The Morgan fingerprint density at radius 3 is 2.81 bits per heavy atom. The molecule has 0 bridgehead atoms. The number of fused-ring (bicyclic) bond motifs is 1. The van der Waals surface area contributed by atoms with E-state index in [1.807, 2.05) is 18.2 Å². The highest BCUT2D eigenvalue weighted by molar-refractivity contribution is 7.99. The van der Waals surface area contributed by atoms with E-state index in [1.54, 1.807) is 13.0 Å². The first-order valence-electron chi connectivity index (χ1n) is 8.62. The number of sulfone groups is 1. The molecule has 8 nitrogen and oxygen atoms in total. The minimum Gasteiger partial charge on any atom is -0.431 e. The van der Waals surface area contributed by atoms with Gasteiger partial charge >= 0.3 is 0 Å². The van der Waals surface area contributed by atoms with Gasteiger partial charge in [0.25, 0.3) is 5.22 Å². The number of oxazole rings is 1. The smallest absolute Gasteiger partial charge is 0.257 e. The summed E-state index contributed by atoms with van der Waals surface area (Å²) in [5, 5.41) is 3.10. The number of amides is 2. The first-order chi connectivity index (χ1) is 12.9. The van der Waals surface area contributed by atoms with Crippen LogP contribution in [0.1, 0.15) is 13.3 Å². The van der Waals surface area contributed by atoms with E-state index < -0.39 is 9.84 Å². The lowest BCUT2D eigenvalue weighted by atomic mass is 10.2. The molecule has 3 rings (SSSR count). The number of carbonyl (C=O) groups excluding carboxylic acids is 2. The van der Waals surface area contributed by atoms with Crippen LogP contribution in [0, 0.1) is 0 Å². The molecular formula is C17H21N3O5S2. The largest absolute Gasteiger partial charge is 0.431 e. The number of rotatable bonds is 7. The SMILES string of the molecule is CCN(CC(=O)NC1CCS(=O)(=O)C1)C(=O)CSc1nc2ccccc2o1. The average molecular weight is 412 g/mol. The fourth-order valence-electron chi connectivity index (χ4n) is 2.86. The molecule has 1 N–H and O–H groups in total. The van der Waals surface area contributed by atoms with Crippen molar-refractivity contribution in [3.63, 3.8) is 0 Å². The lowest BCUT2D eigenvalue weighted by molar-refractivity contribution is -0.134. The van der Waals surface area contributed by atoms with Crippen LogP contribution in [-0.2, 0) is 19.4 Å². The van der Waals surface area contributed by atoms with Gasteiger partial charge in [-0.15, -0.1) is 0 Å². The molecule has 146 valence electrons. The van der Waals surface area contributed by atoms with E-state index in [9.17, 15) is 18.0 Å². The zero-order valence-corrected chi connectivity index (χ0v) is 16.5. The summed E-state index contributed by atoms with van der Waals surface area (Å²) in [5.74, 6) is -0.397. The summed E-state index contributed by atoms with van der Waals surface area (Å²) >= 11 is 1.18. The maximum Gasteiger partial charge on any atom is 0.257 e. The summed E-state index contributed by atoms with van der Waals surface area (Å²) < 4.78 is 28.5. The highest BCUT2D eigenvalue weighted by atomic mass is 32.2. The fraction of sp³-hybridized carbons (Fsp3) is 0.471. The number of nitrogens with zero attached hydrogens (tertiary/aromatic N) is 2. The number of carbonyl (C=O) groups is 2. The Kier molecular flexibility index (Phi) is 6.05. The van der Waals surface area contributed by atoms with E-state index in [0.717, 1.165) is 5.52 Å². The first kappa shape index (κ1) is 19.7. The van der Waals surface area contributed by atoms with E-state index in [4.69, 9.17) is 4.42 Å². The second kappa shape index (κ2) is 8.30. The van der Waals surface area contributed by atoms with E-state index in [1.165, 1.54) is 16.7 Å². The van der Waals surface area contributed by atoms with Crippen molar-refractivity contribution in [2.75, 3.05) is 30.3 Å². The van der Waals surface area contributed by atoms with Crippen LogP contribution >= 0.6 is 11.8 Å². The lowest BCUT2D eigenvalue weighted by Crippen LogP contribution is -2.45. The molecular weight excluding hydrogens is 390 g/mol. The molecule has 10 heteroatoms. The van der Waals surface area contributed by atoms with Crippen LogP contribution in [0.5, 0.6) is 0 Å². The number of aromatic nitrogens is 1. The van der Waals surface area contributed by atoms with Gasteiger partial charge < -0.3 is 14.6 Å².